The molecule has 2 aliphatic rings. The summed E-state index contributed by atoms with van der Waals surface area (Å²) >= 11 is 0. The highest BCUT2D eigenvalue weighted by Crippen LogP contribution is 2.24. The van der Waals surface area contributed by atoms with E-state index in [4.69, 9.17) is 0 Å². The van der Waals surface area contributed by atoms with Crippen molar-refractivity contribution in [3.63, 3.8) is 0 Å². The van der Waals surface area contributed by atoms with Crippen molar-refractivity contribution < 1.29 is 4.79 Å². The number of nitrogens with zero attached hydrogens (tertiary/aromatic N) is 6. The van der Waals surface area contributed by atoms with Gasteiger partial charge in [-0.2, -0.15) is 10.5 Å². The number of allylic oxidation sites excluding steroid dienone is 1. The summed E-state index contributed by atoms with van der Waals surface area (Å²) in [6, 6.07) is 10.0. The molecule has 30 heavy (non-hydrogen) atoms. The maximum atomic E-state index is 12.9. The number of anilines is 1. The van der Waals surface area contributed by atoms with Crippen molar-refractivity contribution in [2.75, 3.05) is 31.5 Å². The second kappa shape index (κ2) is 9.50. The Kier molecular flexibility index (Phi) is 6.35. The van der Waals surface area contributed by atoms with E-state index in [1.165, 1.54) is 38.3 Å². The first-order valence-corrected chi connectivity index (χ1v) is 10.5. The lowest BCUT2D eigenvalue weighted by atomic mass is 9.94. The number of carbonyl (C=O) groups excluding carboxylic acids is 1. The Morgan fingerprint density at radius 2 is 1.87 bits per heavy atom. The van der Waals surface area contributed by atoms with Crippen LogP contribution in [0.4, 0.5) is 5.69 Å². The lowest BCUT2D eigenvalue weighted by molar-refractivity contribution is 0.0523. The summed E-state index contributed by atoms with van der Waals surface area (Å²) in [7, 11) is 0. The second-order valence-electron chi connectivity index (χ2n) is 7.75. The van der Waals surface area contributed by atoms with Crippen molar-refractivity contribution >= 4 is 17.2 Å². The minimum absolute atomic E-state index is 0.0740. The van der Waals surface area contributed by atoms with Gasteiger partial charge < -0.3 is 10.2 Å². The highest BCUT2D eigenvalue weighted by Gasteiger charge is 2.27. The summed E-state index contributed by atoms with van der Waals surface area (Å²) < 4.78 is 0. The van der Waals surface area contributed by atoms with Crippen LogP contribution in [0.3, 0.4) is 0 Å². The van der Waals surface area contributed by atoms with E-state index in [1.54, 1.807) is 0 Å². The predicted molar refractivity (Wildman–Crippen MR) is 112 cm³/mol. The number of H-pyrrole nitrogens is 1. The van der Waals surface area contributed by atoms with Crippen LogP contribution >= 0.6 is 0 Å². The average Bonchev–Trinajstić information content (AvgIpc) is 3.35. The number of amides is 1. The van der Waals surface area contributed by atoms with Crippen molar-refractivity contribution in [3.05, 3.63) is 41.9 Å². The Labute approximate surface area is 175 Å². The Hall–Kier alpha value is -3.25. The minimum atomic E-state index is 0.0740. The Balaban J connectivity index is 1.32. The molecule has 9 heteroatoms. The molecule has 1 amide bonds. The molecule has 0 atom stereocenters. The molecule has 2 N–H and O–H groups in total. The first-order chi connectivity index (χ1) is 14.7. The first kappa shape index (κ1) is 20.0. The number of aromatic amines is 1. The number of piperazine rings is 1. The van der Waals surface area contributed by atoms with E-state index in [0.717, 1.165) is 31.9 Å². The molecule has 2 aromatic rings. The molecular weight excluding hydrogens is 380 g/mol. The molecule has 1 aromatic heterocycles. The molecule has 2 fully saturated rings. The lowest BCUT2D eigenvalue weighted by Gasteiger charge is -2.40. The number of benzene rings is 1. The first-order valence-electron chi connectivity index (χ1n) is 10.5. The molecular formula is C21H26N8O. The third-order valence-corrected chi connectivity index (χ3v) is 5.91. The zero-order chi connectivity index (χ0) is 20.8. The summed E-state index contributed by atoms with van der Waals surface area (Å²) in [4.78, 5) is 17.4. The van der Waals surface area contributed by atoms with Gasteiger partial charge in [0.1, 0.15) is 11.6 Å². The van der Waals surface area contributed by atoms with Crippen LogP contribution in [0.25, 0.3) is 5.57 Å². The van der Waals surface area contributed by atoms with E-state index in [0.29, 0.717) is 11.6 Å². The molecule has 1 saturated heterocycles. The third kappa shape index (κ3) is 4.66. The summed E-state index contributed by atoms with van der Waals surface area (Å²) in [5.41, 5.74) is 1.71. The van der Waals surface area contributed by atoms with Gasteiger partial charge in [-0.15, -0.1) is 10.2 Å². The average molecular weight is 406 g/mol. The van der Waals surface area contributed by atoms with Gasteiger partial charge in [0.05, 0.1) is 0 Å². The topological polar surface area (TPSA) is 114 Å². The quantitative estimate of drug-likeness (QED) is 0.732. The van der Waals surface area contributed by atoms with Crippen molar-refractivity contribution in [2.24, 2.45) is 0 Å². The van der Waals surface area contributed by atoms with E-state index < -0.39 is 0 Å². The zero-order valence-electron chi connectivity index (χ0n) is 16.9. The molecule has 1 aromatic carbocycles. The van der Waals surface area contributed by atoms with Gasteiger partial charge >= 0.3 is 0 Å². The molecule has 0 unspecified atom stereocenters. The number of aromatic nitrogens is 4. The molecule has 4 rings (SSSR count). The van der Waals surface area contributed by atoms with Gasteiger partial charge in [0.25, 0.3) is 5.91 Å². The molecule has 2 heterocycles. The Morgan fingerprint density at radius 1 is 1.13 bits per heavy atom. The summed E-state index contributed by atoms with van der Waals surface area (Å²) in [5.74, 6) is 0.300. The number of hydrogen-bond acceptors (Lipinski definition) is 7. The van der Waals surface area contributed by atoms with Gasteiger partial charge in [-0.1, -0.05) is 19.3 Å². The van der Waals surface area contributed by atoms with Crippen LogP contribution in [0.15, 0.2) is 30.5 Å². The fraction of sp³-hybridized carbons (Fsp3) is 0.476. The van der Waals surface area contributed by atoms with Crippen molar-refractivity contribution in [3.8, 4) is 6.07 Å². The number of nitrogens with one attached hydrogen (secondary N) is 2. The van der Waals surface area contributed by atoms with Crippen LogP contribution in [0.5, 0.6) is 0 Å². The van der Waals surface area contributed by atoms with E-state index in [-0.39, 0.29) is 17.3 Å². The molecule has 0 bridgehead atoms. The molecule has 9 nitrogen and oxygen atoms in total. The SMILES string of the molecule is N#CC(=CNc1ccc(C(=O)N2CCN(C3CCCCC3)CC2)cc1)c1nn[nH]n1. The fourth-order valence-corrected chi connectivity index (χ4v) is 4.21. The van der Waals surface area contributed by atoms with Crippen LogP contribution in [-0.4, -0.2) is 68.6 Å². The summed E-state index contributed by atoms with van der Waals surface area (Å²) in [6.07, 6.45) is 8.17. The number of rotatable bonds is 5. The number of hydrogen-bond donors (Lipinski definition) is 2. The molecule has 0 radical (unpaired) electrons. The van der Waals surface area contributed by atoms with Crippen molar-refractivity contribution in [1.82, 2.24) is 30.4 Å². The third-order valence-electron chi connectivity index (χ3n) is 5.91. The maximum absolute atomic E-state index is 12.9. The van der Waals surface area contributed by atoms with Gasteiger partial charge in [0, 0.05) is 49.7 Å². The summed E-state index contributed by atoms with van der Waals surface area (Å²) in [5, 5.41) is 25.6. The number of tetrazole rings is 1. The van der Waals surface area contributed by atoms with Crippen molar-refractivity contribution in [1.29, 1.82) is 5.26 Å². The van der Waals surface area contributed by atoms with E-state index in [9.17, 15) is 10.1 Å². The van der Waals surface area contributed by atoms with Crippen LogP contribution in [-0.2, 0) is 0 Å². The predicted octanol–water partition coefficient (Wildman–Crippen LogP) is 2.27. The van der Waals surface area contributed by atoms with E-state index in [2.05, 4.69) is 30.8 Å². The smallest absolute Gasteiger partial charge is 0.253 e. The monoisotopic (exact) mass is 406 g/mol. The highest BCUT2D eigenvalue weighted by molar-refractivity contribution is 5.94. The molecule has 1 aliphatic carbocycles. The van der Waals surface area contributed by atoms with Gasteiger partial charge in [-0.05, 0) is 42.3 Å². The summed E-state index contributed by atoms with van der Waals surface area (Å²) in [6.45, 7) is 3.50. The van der Waals surface area contributed by atoms with Gasteiger partial charge in [-0.25, -0.2) is 0 Å². The zero-order valence-corrected chi connectivity index (χ0v) is 16.9. The van der Waals surface area contributed by atoms with Crippen LogP contribution < -0.4 is 5.32 Å². The van der Waals surface area contributed by atoms with Crippen LogP contribution in [0, 0.1) is 11.3 Å². The van der Waals surface area contributed by atoms with E-state index >= 15 is 0 Å². The second-order valence-corrected chi connectivity index (χ2v) is 7.75. The minimum Gasteiger partial charge on any atom is -0.360 e. The highest BCUT2D eigenvalue weighted by atomic mass is 16.2. The largest absolute Gasteiger partial charge is 0.360 e. The Morgan fingerprint density at radius 3 is 2.50 bits per heavy atom. The normalized spacial score (nSPS) is 18.8. The fourth-order valence-electron chi connectivity index (χ4n) is 4.21. The molecule has 1 saturated carbocycles. The Bertz CT molecular complexity index is 901. The lowest BCUT2D eigenvalue weighted by Crippen LogP contribution is -2.52. The molecule has 156 valence electrons. The maximum Gasteiger partial charge on any atom is 0.253 e. The van der Waals surface area contributed by atoms with Crippen LogP contribution in [0.2, 0.25) is 0 Å². The van der Waals surface area contributed by atoms with E-state index in [1.807, 2.05) is 35.2 Å². The van der Waals surface area contributed by atoms with Crippen molar-refractivity contribution in [2.45, 2.75) is 38.1 Å². The molecule has 1 aliphatic heterocycles. The van der Waals surface area contributed by atoms with Gasteiger partial charge in [-0.3, -0.25) is 9.69 Å². The standard InChI is InChI=1S/C21H26N8O/c22-14-17(20-24-26-27-25-20)15-23-18-8-6-16(7-9-18)21(30)29-12-10-28(11-13-29)19-4-2-1-3-5-19/h6-9,15,19,23H,1-5,10-13H2,(H,24,25,26,27). The van der Waals surface area contributed by atoms with Gasteiger partial charge in [0.2, 0.25) is 5.82 Å². The van der Waals surface area contributed by atoms with Crippen LogP contribution in [0.1, 0.15) is 48.3 Å². The molecule has 0 spiro atoms. The number of carbonyl (C=O) groups is 1. The van der Waals surface area contributed by atoms with Gasteiger partial charge in [0.15, 0.2) is 0 Å². The number of nitriles is 1.